The van der Waals surface area contributed by atoms with E-state index in [2.05, 4.69) is 22.2 Å². The minimum atomic E-state index is -0.557. The molecule has 0 radical (unpaired) electrons. The van der Waals surface area contributed by atoms with Gasteiger partial charge < -0.3 is 5.32 Å². The second kappa shape index (κ2) is 7.05. The second-order valence-electron chi connectivity index (χ2n) is 4.66. The molecule has 1 N–H and O–H groups in total. The average molecular weight is 277 g/mol. The molecule has 1 unspecified atom stereocenters. The normalized spacial score (nSPS) is 12.3. The molecular formula is C15H17F2N3. The van der Waals surface area contributed by atoms with Crippen molar-refractivity contribution in [3.63, 3.8) is 0 Å². The smallest absolute Gasteiger partial charge is 0.126 e. The van der Waals surface area contributed by atoms with Gasteiger partial charge in [-0.15, -0.1) is 0 Å². The number of nitrogens with one attached hydrogen (secondary N) is 1. The van der Waals surface area contributed by atoms with Crippen molar-refractivity contribution in [2.75, 3.05) is 6.54 Å². The predicted octanol–water partition coefficient (Wildman–Crippen LogP) is 3.04. The molecule has 106 valence electrons. The summed E-state index contributed by atoms with van der Waals surface area (Å²) >= 11 is 0. The van der Waals surface area contributed by atoms with Crippen LogP contribution >= 0.6 is 0 Å². The highest BCUT2D eigenvalue weighted by Gasteiger charge is 2.13. The van der Waals surface area contributed by atoms with Gasteiger partial charge in [0, 0.05) is 30.1 Å². The summed E-state index contributed by atoms with van der Waals surface area (Å²) in [6.45, 7) is 2.88. The molecule has 0 fully saturated rings. The lowest BCUT2D eigenvalue weighted by Crippen LogP contribution is -2.24. The van der Waals surface area contributed by atoms with Gasteiger partial charge in [-0.3, -0.25) is 0 Å². The standard InChI is InChI=1S/C15H17F2N3/c1-2-3-20-15(12-8-18-10-19-9-12)6-11-4-13(16)7-14(17)5-11/h4-5,7-10,15,20H,2-3,6H2,1H3. The van der Waals surface area contributed by atoms with Crippen LogP contribution in [0.5, 0.6) is 0 Å². The molecule has 5 heteroatoms. The molecule has 0 saturated heterocycles. The van der Waals surface area contributed by atoms with Crippen LogP contribution in [0.25, 0.3) is 0 Å². The Hall–Kier alpha value is -1.88. The first-order valence-electron chi connectivity index (χ1n) is 6.62. The molecule has 0 aliphatic carbocycles. The third-order valence-electron chi connectivity index (χ3n) is 2.99. The van der Waals surface area contributed by atoms with Gasteiger partial charge in [-0.25, -0.2) is 18.7 Å². The molecule has 2 rings (SSSR count). The van der Waals surface area contributed by atoms with E-state index in [9.17, 15) is 8.78 Å². The van der Waals surface area contributed by atoms with E-state index in [1.165, 1.54) is 18.5 Å². The molecule has 2 aromatic rings. The maximum absolute atomic E-state index is 13.2. The summed E-state index contributed by atoms with van der Waals surface area (Å²) in [6, 6.07) is 3.53. The van der Waals surface area contributed by atoms with Crippen molar-refractivity contribution in [3.05, 3.63) is 59.7 Å². The van der Waals surface area contributed by atoms with Crippen LogP contribution in [0, 0.1) is 11.6 Å². The molecule has 3 nitrogen and oxygen atoms in total. The van der Waals surface area contributed by atoms with Crippen molar-refractivity contribution in [1.29, 1.82) is 0 Å². The summed E-state index contributed by atoms with van der Waals surface area (Å²) in [5.41, 5.74) is 1.52. The topological polar surface area (TPSA) is 37.8 Å². The van der Waals surface area contributed by atoms with E-state index in [1.807, 2.05) is 0 Å². The fourth-order valence-electron chi connectivity index (χ4n) is 2.08. The molecule has 0 aliphatic rings. The Morgan fingerprint density at radius 1 is 1.10 bits per heavy atom. The highest BCUT2D eigenvalue weighted by Crippen LogP contribution is 2.18. The van der Waals surface area contributed by atoms with Crippen LogP contribution in [0.1, 0.15) is 30.5 Å². The van der Waals surface area contributed by atoms with E-state index in [0.717, 1.165) is 24.6 Å². The molecule has 1 heterocycles. The summed E-state index contributed by atoms with van der Waals surface area (Å²) in [5, 5.41) is 3.35. The van der Waals surface area contributed by atoms with Gasteiger partial charge in [0.1, 0.15) is 18.0 Å². The monoisotopic (exact) mass is 277 g/mol. The molecule has 0 aliphatic heterocycles. The fraction of sp³-hybridized carbons (Fsp3) is 0.333. The van der Waals surface area contributed by atoms with E-state index in [1.54, 1.807) is 12.4 Å². The maximum atomic E-state index is 13.2. The fourth-order valence-corrected chi connectivity index (χ4v) is 2.08. The van der Waals surface area contributed by atoms with E-state index in [4.69, 9.17) is 0 Å². The van der Waals surface area contributed by atoms with Crippen LogP contribution in [-0.2, 0) is 6.42 Å². The lowest BCUT2D eigenvalue weighted by atomic mass is 10.0. The predicted molar refractivity (Wildman–Crippen MR) is 73.1 cm³/mol. The minimum Gasteiger partial charge on any atom is -0.310 e. The highest BCUT2D eigenvalue weighted by atomic mass is 19.1. The van der Waals surface area contributed by atoms with Gasteiger partial charge in [0.25, 0.3) is 0 Å². The third kappa shape index (κ3) is 4.06. The Bertz CT molecular complexity index is 526. The van der Waals surface area contributed by atoms with Gasteiger partial charge in [0.05, 0.1) is 0 Å². The van der Waals surface area contributed by atoms with E-state index >= 15 is 0 Å². The molecule has 1 aromatic heterocycles. The number of benzene rings is 1. The first-order valence-corrected chi connectivity index (χ1v) is 6.62. The van der Waals surface area contributed by atoms with Crippen molar-refractivity contribution in [2.45, 2.75) is 25.8 Å². The van der Waals surface area contributed by atoms with Crippen molar-refractivity contribution in [2.24, 2.45) is 0 Å². The Balaban J connectivity index is 2.19. The largest absolute Gasteiger partial charge is 0.310 e. The second-order valence-corrected chi connectivity index (χ2v) is 4.66. The van der Waals surface area contributed by atoms with Crippen LogP contribution in [-0.4, -0.2) is 16.5 Å². The number of nitrogens with zero attached hydrogens (tertiary/aromatic N) is 2. The zero-order chi connectivity index (χ0) is 14.4. The van der Waals surface area contributed by atoms with Crippen LogP contribution in [0.4, 0.5) is 8.78 Å². The van der Waals surface area contributed by atoms with Gasteiger partial charge in [0.2, 0.25) is 0 Å². The van der Waals surface area contributed by atoms with Crippen LogP contribution in [0.2, 0.25) is 0 Å². The number of halogens is 2. The summed E-state index contributed by atoms with van der Waals surface area (Å²) in [6.07, 6.45) is 6.36. The van der Waals surface area contributed by atoms with E-state index in [0.29, 0.717) is 12.0 Å². The zero-order valence-electron chi connectivity index (χ0n) is 11.3. The Labute approximate surface area is 117 Å². The van der Waals surface area contributed by atoms with Gasteiger partial charge in [-0.2, -0.15) is 0 Å². The van der Waals surface area contributed by atoms with Gasteiger partial charge >= 0.3 is 0 Å². The summed E-state index contributed by atoms with van der Waals surface area (Å²) in [7, 11) is 0. The Morgan fingerprint density at radius 3 is 2.35 bits per heavy atom. The summed E-state index contributed by atoms with van der Waals surface area (Å²) < 4.78 is 26.5. The van der Waals surface area contributed by atoms with Gasteiger partial charge in [-0.05, 0) is 37.1 Å². The van der Waals surface area contributed by atoms with Crippen LogP contribution < -0.4 is 5.32 Å². The molecule has 0 amide bonds. The number of aromatic nitrogens is 2. The first kappa shape index (κ1) is 14.5. The lowest BCUT2D eigenvalue weighted by Gasteiger charge is -2.18. The quantitative estimate of drug-likeness (QED) is 0.882. The number of hydrogen-bond donors (Lipinski definition) is 1. The average Bonchev–Trinajstić information content (AvgIpc) is 2.43. The summed E-state index contributed by atoms with van der Waals surface area (Å²) in [4.78, 5) is 7.98. The van der Waals surface area contributed by atoms with Crippen molar-refractivity contribution in [1.82, 2.24) is 15.3 Å². The molecule has 0 spiro atoms. The maximum Gasteiger partial charge on any atom is 0.126 e. The first-order chi connectivity index (χ1) is 9.69. The number of hydrogen-bond acceptors (Lipinski definition) is 3. The van der Waals surface area contributed by atoms with Gasteiger partial charge in [0.15, 0.2) is 0 Å². The van der Waals surface area contributed by atoms with Crippen molar-refractivity contribution >= 4 is 0 Å². The SMILES string of the molecule is CCCNC(Cc1cc(F)cc(F)c1)c1cncnc1. The highest BCUT2D eigenvalue weighted by molar-refractivity contribution is 5.22. The lowest BCUT2D eigenvalue weighted by molar-refractivity contribution is 0.520. The zero-order valence-corrected chi connectivity index (χ0v) is 11.3. The molecule has 0 saturated carbocycles. The van der Waals surface area contributed by atoms with Gasteiger partial charge in [-0.1, -0.05) is 6.92 Å². The molecule has 20 heavy (non-hydrogen) atoms. The Morgan fingerprint density at radius 2 is 1.75 bits per heavy atom. The van der Waals surface area contributed by atoms with E-state index in [-0.39, 0.29) is 6.04 Å². The molecule has 1 aromatic carbocycles. The molecular weight excluding hydrogens is 260 g/mol. The minimum absolute atomic E-state index is 0.0580. The third-order valence-corrected chi connectivity index (χ3v) is 2.99. The Kier molecular flexibility index (Phi) is 5.12. The van der Waals surface area contributed by atoms with Crippen LogP contribution in [0.15, 0.2) is 36.9 Å². The number of rotatable bonds is 6. The van der Waals surface area contributed by atoms with E-state index < -0.39 is 11.6 Å². The van der Waals surface area contributed by atoms with Crippen LogP contribution in [0.3, 0.4) is 0 Å². The molecule has 1 atom stereocenters. The van der Waals surface area contributed by atoms with Crippen molar-refractivity contribution in [3.8, 4) is 0 Å². The summed E-state index contributed by atoms with van der Waals surface area (Å²) in [5.74, 6) is -1.11. The van der Waals surface area contributed by atoms with Crippen molar-refractivity contribution < 1.29 is 8.78 Å². The molecule has 0 bridgehead atoms.